The van der Waals surface area contributed by atoms with Crippen molar-refractivity contribution >= 4 is 22.1 Å². The molecule has 0 saturated heterocycles. The van der Waals surface area contributed by atoms with E-state index >= 15 is 0 Å². The third-order valence-corrected chi connectivity index (χ3v) is 2.52. The molecule has 9 heteroatoms. The normalized spacial score (nSPS) is 11.1. The van der Waals surface area contributed by atoms with Gasteiger partial charge in [-0.25, -0.2) is 4.63 Å². The van der Waals surface area contributed by atoms with Gasteiger partial charge in [-0.15, -0.1) is 10.2 Å². The Labute approximate surface area is 80.3 Å². The highest BCUT2D eigenvalue weighted by Crippen LogP contribution is 2.25. The summed E-state index contributed by atoms with van der Waals surface area (Å²) in [6, 6.07) is 0. The molecule has 0 radical (unpaired) electrons. The lowest BCUT2D eigenvalue weighted by Gasteiger charge is -1.83. The van der Waals surface area contributed by atoms with Crippen LogP contribution in [0.3, 0.4) is 0 Å². The minimum Gasteiger partial charge on any atom is -0.379 e. The number of fused-ring (bicyclic) bond motifs is 1. The summed E-state index contributed by atoms with van der Waals surface area (Å²) < 4.78 is 6.00. The molecule has 3 heterocycles. The van der Waals surface area contributed by atoms with Crippen LogP contribution in [0.1, 0.15) is 0 Å². The Morgan fingerprint density at radius 1 is 1.43 bits per heavy atom. The number of nitrogens with zero attached hydrogens (tertiary/aromatic N) is 6. The van der Waals surface area contributed by atoms with Gasteiger partial charge < -0.3 is 5.73 Å². The monoisotopic (exact) mass is 209 g/mol. The number of anilines is 1. The van der Waals surface area contributed by atoms with E-state index in [1.165, 1.54) is 22.2 Å². The molecule has 2 N–H and O–H groups in total. The minimum atomic E-state index is 0.218. The molecule has 0 aromatic carbocycles. The molecule has 70 valence electrons. The van der Waals surface area contributed by atoms with Crippen LogP contribution in [0.2, 0.25) is 0 Å². The maximum Gasteiger partial charge on any atom is 0.234 e. The lowest BCUT2D eigenvalue weighted by molar-refractivity contribution is 0.310. The van der Waals surface area contributed by atoms with Gasteiger partial charge in [0.2, 0.25) is 4.96 Å². The number of rotatable bonds is 1. The van der Waals surface area contributed by atoms with E-state index in [1.807, 2.05) is 0 Å². The van der Waals surface area contributed by atoms with Crippen molar-refractivity contribution in [2.75, 3.05) is 5.73 Å². The molecule has 0 unspecified atom stereocenters. The third kappa shape index (κ3) is 0.893. The number of hydrogen-bond acceptors (Lipinski definition) is 8. The lowest BCUT2D eigenvalue weighted by atomic mass is 10.5. The SMILES string of the molecule is Nc1nonc1-c1nn2cnnc2s1. The summed E-state index contributed by atoms with van der Waals surface area (Å²) in [6.45, 7) is 0. The van der Waals surface area contributed by atoms with E-state index in [4.69, 9.17) is 5.73 Å². The van der Waals surface area contributed by atoms with Gasteiger partial charge in [0.25, 0.3) is 0 Å². The molecule has 0 spiro atoms. The molecule has 0 amide bonds. The van der Waals surface area contributed by atoms with Crippen molar-refractivity contribution in [3.05, 3.63) is 6.33 Å². The highest BCUT2D eigenvalue weighted by Gasteiger charge is 2.15. The van der Waals surface area contributed by atoms with Gasteiger partial charge in [0.1, 0.15) is 6.33 Å². The molecule has 0 aliphatic heterocycles. The molecule has 0 aliphatic rings. The van der Waals surface area contributed by atoms with E-state index < -0.39 is 0 Å². The van der Waals surface area contributed by atoms with E-state index in [1.54, 1.807) is 0 Å². The lowest BCUT2D eigenvalue weighted by Crippen LogP contribution is -1.89. The van der Waals surface area contributed by atoms with Crippen molar-refractivity contribution in [2.24, 2.45) is 0 Å². The van der Waals surface area contributed by atoms with Gasteiger partial charge in [0.05, 0.1) is 0 Å². The second kappa shape index (κ2) is 2.48. The highest BCUT2D eigenvalue weighted by molar-refractivity contribution is 7.19. The van der Waals surface area contributed by atoms with Crippen molar-refractivity contribution in [1.82, 2.24) is 30.1 Å². The van der Waals surface area contributed by atoms with Crippen LogP contribution in [0, 0.1) is 0 Å². The predicted molar refractivity (Wildman–Crippen MR) is 46.4 cm³/mol. The highest BCUT2D eigenvalue weighted by atomic mass is 32.1. The first-order chi connectivity index (χ1) is 6.84. The van der Waals surface area contributed by atoms with Crippen LogP contribution in [0.25, 0.3) is 15.7 Å². The minimum absolute atomic E-state index is 0.218. The molecule has 14 heavy (non-hydrogen) atoms. The molecule has 0 fully saturated rings. The summed E-state index contributed by atoms with van der Waals surface area (Å²) in [5.41, 5.74) is 5.95. The van der Waals surface area contributed by atoms with Crippen molar-refractivity contribution in [3.63, 3.8) is 0 Å². The number of aromatic nitrogens is 6. The summed E-state index contributed by atoms with van der Waals surface area (Å²) in [5.74, 6) is 0.218. The van der Waals surface area contributed by atoms with Crippen LogP contribution in [0.4, 0.5) is 5.82 Å². The van der Waals surface area contributed by atoms with Crippen LogP contribution in [0.15, 0.2) is 11.0 Å². The molecular formula is C5H3N7OS. The average Bonchev–Trinajstić information content (AvgIpc) is 2.75. The van der Waals surface area contributed by atoms with E-state index in [0.29, 0.717) is 15.7 Å². The standard InChI is InChI=1S/C5H3N7OS/c6-3-2(10-13-11-3)4-9-12-1-7-8-5(12)14-4/h1H,(H2,6,11). The van der Waals surface area contributed by atoms with E-state index in [-0.39, 0.29) is 5.82 Å². The molecule has 0 bridgehead atoms. The molecular weight excluding hydrogens is 206 g/mol. The summed E-state index contributed by atoms with van der Waals surface area (Å²) in [7, 11) is 0. The number of nitrogen functional groups attached to an aromatic ring is 1. The smallest absolute Gasteiger partial charge is 0.234 e. The number of nitrogens with two attached hydrogens (primary N) is 1. The molecule has 3 aromatic heterocycles. The van der Waals surface area contributed by atoms with E-state index in [9.17, 15) is 0 Å². The van der Waals surface area contributed by atoms with Gasteiger partial charge in [-0.1, -0.05) is 11.3 Å². The average molecular weight is 209 g/mol. The molecule has 3 aromatic rings. The first kappa shape index (κ1) is 7.38. The van der Waals surface area contributed by atoms with Gasteiger partial charge >= 0.3 is 0 Å². The zero-order chi connectivity index (χ0) is 9.54. The maximum absolute atomic E-state index is 5.52. The van der Waals surface area contributed by atoms with Crippen LogP contribution >= 0.6 is 11.3 Å². The summed E-state index contributed by atoms with van der Waals surface area (Å²) in [6.07, 6.45) is 1.50. The second-order valence-corrected chi connectivity index (χ2v) is 3.42. The van der Waals surface area contributed by atoms with Gasteiger partial charge in [0.15, 0.2) is 16.5 Å². The van der Waals surface area contributed by atoms with Gasteiger partial charge in [-0.2, -0.15) is 9.61 Å². The fourth-order valence-electron chi connectivity index (χ4n) is 0.999. The van der Waals surface area contributed by atoms with Gasteiger partial charge in [-0.3, -0.25) is 0 Å². The van der Waals surface area contributed by atoms with Crippen LogP contribution in [-0.2, 0) is 0 Å². The predicted octanol–water partition coefficient (Wildman–Crippen LogP) is -0.182. The van der Waals surface area contributed by atoms with Crippen molar-refractivity contribution < 1.29 is 4.63 Å². The van der Waals surface area contributed by atoms with E-state index in [0.717, 1.165) is 0 Å². The van der Waals surface area contributed by atoms with Crippen molar-refractivity contribution in [2.45, 2.75) is 0 Å². The molecule has 8 nitrogen and oxygen atoms in total. The Morgan fingerprint density at radius 3 is 3.07 bits per heavy atom. The summed E-state index contributed by atoms with van der Waals surface area (Å²) in [4.78, 5) is 0.669. The topological polar surface area (TPSA) is 108 Å². The summed E-state index contributed by atoms with van der Waals surface area (Å²) in [5, 5.41) is 19.4. The molecule has 3 rings (SSSR count). The second-order valence-electron chi connectivity index (χ2n) is 2.46. The Balaban J connectivity index is 2.23. The van der Waals surface area contributed by atoms with Gasteiger partial charge in [-0.05, 0) is 10.3 Å². The first-order valence-corrected chi connectivity index (χ1v) is 4.41. The van der Waals surface area contributed by atoms with Crippen molar-refractivity contribution in [3.8, 4) is 10.7 Å². The van der Waals surface area contributed by atoms with Crippen LogP contribution in [0.5, 0.6) is 0 Å². The molecule has 0 aliphatic carbocycles. The Hall–Kier alpha value is -2.03. The van der Waals surface area contributed by atoms with E-state index in [2.05, 4.69) is 30.2 Å². The number of hydrogen-bond donors (Lipinski definition) is 1. The quantitative estimate of drug-likeness (QED) is 0.592. The zero-order valence-electron chi connectivity index (χ0n) is 6.65. The summed E-state index contributed by atoms with van der Waals surface area (Å²) >= 11 is 1.31. The Bertz CT molecular complexity index is 551. The third-order valence-electron chi connectivity index (χ3n) is 1.60. The van der Waals surface area contributed by atoms with Gasteiger partial charge in [0, 0.05) is 0 Å². The first-order valence-electron chi connectivity index (χ1n) is 3.60. The molecule has 0 atom stereocenters. The van der Waals surface area contributed by atoms with Crippen molar-refractivity contribution in [1.29, 1.82) is 0 Å². The largest absolute Gasteiger partial charge is 0.379 e. The van der Waals surface area contributed by atoms with Crippen LogP contribution in [-0.4, -0.2) is 30.1 Å². The fourth-order valence-corrected chi connectivity index (χ4v) is 1.81. The fraction of sp³-hybridized carbons (Fsp3) is 0. The molecule has 0 saturated carbocycles. The van der Waals surface area contributed by atoms with Crippen LogP contribution < -0.4 is 5.73 Å². The zero-order valence-corrected chi connectivity index (χ0v) is 7.47. The Kier molecular flexibility index (Phi) is 1.31. The Morgan fingerprint density at radius 2 is 2.36 bits per heavy atom. The maximum atomic E-state index is 5.52.